The standard InChI is InChI=1S/C23H25NO6/c1-22-19(25)12-20(30-22)23(16-29-22,15-27-13-17-8-4-2-5-9-17)24-21(26)28-14-18-10-6-3-7-11-18/h2-11,20H,12-16H2,1H3,(H,24,26)/t20-,22+,23+/m1/s1. The highest BCUT2D eigenvalue weighted by Crippen LogP contribution is 2.39. The van der Waals surface area contributed by atoms with E-state index >= 15 is 0 Å². The largest absolute Gasteiger partial charge is 0.445 e. The number of hydrogen-bond acceptors (Lipinski definition) is 6. The molecule has 0 spiro atoms. The average Bonchev–Trinajstić information content (AvgIpc) is 3.02. The average molecular weight is 411 g/mol. The molecule has 30 heavy (non-hydrogen) atoms. The molecule has 3 atom stereocenters. The van der Waals surface area contributed by atoms with Gasteiger partial charge in [0.1, 0.15) is 12.1 Å². The Morgan fingerprint density at radius 3 is 2.37 bits per heavy atom. The molecule has 2 bridgehead atoms. The van der Waals surface area contributed by atoms with E-state index in [4.69, 9.17) is 18.9 Å². The molecular weight excluding hydrogens is 386 g/mol. The van der Waals surface area contributed by atoms with Crippen LogP contribution in [0.5, 0.6) is 0 Å². The van der Waals surface area contributed by atoms with E-state index < -0.39 is 23.5 Å². The Balaban J connectivity index is 1.43. The van der Waals surface area contributed by atoms with Crippen LogP contribution in [-0.2, 0) is 37.0 Å². The van der Waals surface area contributed by atoms with E-state index in [2.05, 4.69) is 5.32 Å². The number of Topliss-reactive ketones (excluding diaryl/α,β-unsaturated/α-hetero) is 1. The summed E-state index contributed by atoms with van der Waals surface area (Å²) < 4.78 is 22.9. The molecule has 2 fully saturated rings. The molecule has 4 rings (SSSR count). The van der Waals surface area contributed by atoms with Crippen molar-refractivity contribution in [2.75, 3.05) is 13.2 Å². The van der Waals surface area contributed by atoms with Gasteiger partial charge in [-0.3, -0.25) is 4.79 Å². The van der Waals surface area contributed by atoms with E-state index in [0.29, 0.717) is 6.61 Å². The molecule has 7 nitrogen and oxygen atoms in total. The first-order valence-corrected chi connectivity index (χ1v) is 9.95. The Kier molecular flexibility index (Phi) is 5.85. The second-order valence-electron chi connectivity index (χ2n) is 7.79. The third kappa shape index (κ3) is 4.38. The Morgan fingerprint density at radius 2 is 1.70 bits per heavy atom. The van der Waals surface area contributed by atoms with Crippen LogP contribution in [0.15, 0.2) is 60.7 Å². The minimum atomic E-state index is -1.26. The van der Waals surface area contributed by atoms with Crippen molar-refractivity contribution in [3.63, 3.8) is 0 Å². The van der Waals surface area contributed by atoms with Crippen LogP contribution >= 0.6 is 0 Å². The molecule has 2 saturated heterocycles. The Bertz CT molecular complexity index is 889. The van der Waals surface area contributed by atoms with Crippen LogP contribution in [0.2, 0.25) is 0 Å². The summed E-state index contributed by atoms with van der Waals surface area (Å²) in [6, 6.07) is 19.1. The molecule has 0 saturated carbocycles. The molecule has 2 aliphatic heterocycles. The summed E-state index contributed by atoms with van der Waals surface area (Å²) in [6.07, 6.45) is -1.02. The number of alkyl carbamates (subject to hydrolysis) is 1. The predicted octanol–water partition coefficient (Wildman–Crippen LogP) is 2.97. The third-order valence-electron chi connectivity index (χ3n) is 5.50. The zero-order chi connectivity index (χ0) is 21.0. The fourth-order valence-electron chi connectivity index (χ4n) is 3.69. The lowest BCUT2D eigenvalue weighted by molar-refractivity contribution is -0.272. The Labute approximate surface area is 175 Å². The van der Waals surface area contributed by atoms with Crippen molar-refractivity contribution < 1.29 is 28.5 Å². The highest BCUT2D eigenvalue weighted by Gasteiger charge is 2.59. The van der Waals surface area contributed by atoms with Crippen molar-refractivity contribution in [3.8, 4) is 0 Å². The van der Waals surface area contributed by atoms with E-state index in [0.717, 1.165) is 11.1 Å². The van der Waals surface area contributed by atoms with Gasteiger partial charge in [0.25, 0.3) is 0 Å². The van der Waals surface area contributed by atoms with Gasteiger partial charge < -0.3 is 24.3 Å². The monoisotopic (exact) mass is 411 g/mol. The molecular formula is C23H25NO6. The number of carbonyl (C=O) groups excluding carboxylic acids is 2. The number of amides is 1. The van der Waals surface area contributed by atoms with Crippen LogP contribution in [0.1, 0.15) is 24.5 Å². The second kappa shape index (κ2) is 8.55. The van der Waals surface area contributed by atoms with E-state index in [1.807, 2.05) is 60.7 Å². The molecule has 2 aromatic rings. The first kappa shape index (κ1) is 20.5. The maximum atomic E-state index is 12.6. The van der Waals surface area contributed by atoms with E-state index in [-0.39, 0.29) is 32.0 Å². The summed E-state index contributed by atoms with van der Waals surface area (Å²) in [6.45, 7) is 2.32. The molecule has 0 aliphatic carbocycles. The number of hydrogen-bond donors (Lipinski definition) is 1. The molecule has 158 valence electrons. The van der Waals surface area contributed by atoms with Gasteiger partial charge in [-0.2, -0.15) is 0 Å². The van der Waals surface area contributed by atoms with Gasteiger partial charge >= 0.3 is 6.09 Å². The summed E-state index contributed by atoms with van der Waals surface area (Å²) in [5.41, 5.74) is 0.861. The first-order chi connectivity index (χ1) is 14.5. The fourth-order valence-corrected chi connectivity index (χ4v) is 3.69. The summed E-state index contributed by atoms with van der Waals surface area (Å²) in [5, 5.41) is 2.87. The number of benzene rings is 2. The molecule has 2 heterocycles. The molecule has 0 unspecified atom stereocenters. The quantitative estimate of drug-likeness (QED) is 0.754. The summed E-state index contributed by atoms with van der Waals surface area (Å²) in [5.74, 6) is -1.40. The molecule has 0 radical (unpaired) electrons. The van der Waals surface area contributed by atoms with Crippen LogP contribution in [0.25, 0.3) is 0 Å². The van der Waals surface area contributed by atoms with Crippen molar-refractivity contribution in [3.05, 3.63) is 71.8 Å². The zero-order valence-electron chi connectivity index (χ0n) is 16.8. The van der Waals surface area contributed by atoms with Gasteiger partial charge in [-0.25, -0.2) is 4.79 Å². The van der Waals surface area contributed by atoms with Crippen molar-refractivity contribution >= 4 is 11.9 Å². The van der Waals surface area contributed by atoms with Gasteiger partial charge in [0.15, 0.2) is 5.78 Å². The highest BCUT2D eigenvalue weighted by atomic mass is 16.7. The van der Waals surface area contributed by atoms with Crippen LogP contribution in [0.4, 0.5) is 4.79 Å². The summed E-state index contributed by atoms with van der Waals surface area (Å²) in [4.78, 5) is 24.9. The van der Waals surface area contributed by atoms with Crippen molar-refractivity contribution in [1.82, 2.24) is 5.32 Å². The van der Waals surface area contributed by atoms with Gasteiger partial charge in [-0.05, 0) is 18.1 Å². The van der Waals surface area contributed by atoms with Crippen molar-refractivity contribution in [2.24, 2.45) is 0 Å². The van der Waals surface area contributed by atoms with Gasteiger partial charge in [0.05, 0.1) is 25.9 Å². The van der Waals surface area contributed by atoms with Crippen LogP contribution in [-0.4, -0.2) is 42.5 Å². The van der Waals surface area contributed by atoms with Crippen molar-refractivity contribution in [2.45, 2.75) is 44.0 Å². The minimum Gasteiger partial charge on any atom is -0.445 e. The van der Waals surface area contributed by atoms with Crippen molar-refractivity contribution in [1.29, 1.82) is 0 Å². The topological polar surface area (TPSA) is 83.1 Å². The molecule has 2 aliphatic rings. The van der Waals surface area contributed by atoms with Gasteiger partial charge in [0.2, 0.25) is 5.79 Å². The molecule has 2 aromatic carbocycles. The number of ketones is 1. The number of carbonyl (C=O) groups is 2. The third-order valence-corrected chi connectivity index (χ3v) is 5.50. The summed E-state index contributed by atoms with van der Waals surface area (Å²) in [7, 11) is 0. The molecule has 0 aromatic heterocycles. The van der Waals surface area contributed by atoms with E-state index in [1.54, 1.807) is 6.92 Å². The molecule has 7 heteroatoms. The number of ether oxygens (including phenoxy) is 4. The predicted molar refractivity (Wildman–Crippen MR) is 107 cm³/mol. The molecule has 1 amide bonds. The summed E-state index contributed by atoms with van der Waals surface area (Å²) >= 11 is 0. The maximum absolute atomic E-state index is 12.6. The van der Waals surface area contributed by atoms with E-state index in [1.165, 1.54) is 0 Å². The number of nitrogens with one attached hydrogen (secondary N) is 1. The van der Waals surface area contributed by atoms with Crippen LogP contribution in [0, 0.1) is 0 Å². The second-order valence-corrected chi connectivity index (χ2v) is 7.79. The number of rotatable bonds is 7. The lowest BCUT2D eigenvalue weighted by Crippen LogP contribution is -2.66. The normalized spacial score (nSPS) is 27.6. The first-order valence-electron chi connectivity index (χ1n) is 9.95. The molecule has 1 N–H and O–H groups in total. The smallest absolute Gasteiger partial charge is 0.408 e. The fraction of sp³-hybridized carbons (Fsp3) is 0.391. The Hall–Kier alpha value is -2.74. The zero-order valence-corrected chi connectivity index (χ0v) is 16.8. The number of fused-ring (bicyclic) bond motifs is 2. The lowest BCUT2D eigenvalue weighted by atomic mass is 9.92. The van der Waals surface area contributed by atoms with Gasteiger partial charge in [0, 0.05) is 6.42 Å². The lowest BCUT2D eigenvalue weighted by Gasteiger charge is -2.43. The van der Waals surface area contributed by atoms with Gasteiger partial charge in [-0.1, -0.05) is 60.7 Å². The van der Waals surface area contributed by atoms with Crippen LogP contribution in [0.3, 0.4) is 0 Å². The van der Waals surface area contributed by atoms with Crippen LogP contribution < -0.4 is 5.32 Å². The minimum absolute atomic E-state index is 0.0924. The SMILES string of the molecule is C[C@@]12OC[C@](COCc3ccccc3)(NC(=O)OCc3ccccc3)[C@@H](CC1=O)O2. The highest BCUT2D eigenvalue weighted by molar-refractivity contribution is 5.88. The van der Waals surface area contributed by atoms with E-state index in [9.17, 15) is 9.59 Å². The van der Waals surface area contributed by atoms with Gasteiger partial charge in [-0.15, -0.1) is 0 Å². The Morgan fingerprint density at radius 1 is 1.07 bits per heavy atom. The maximum Gasteiger partial charge on any atom is 0.408 e.